The van der Waals surface area contributed by atoms with E-state index in [1.54, 1.807) is 12.1 Å². The maximum atomic E-state index is 12.0. The zero-order valence-electron chi connectivity index (χ0n) is 14.0. The van der Waals surface area contributed by atoms with Gasteiger partial charge in [0.15, 0.2) is 0 Å². The third-order valence-electron chi connectivity index (χ3n) is 4.48. The molecule has 0 atom stereocenters. The van der Waals surface area contributed by atoms with Crippen LogP contribution in [0.25, 0.3) is 0 Å². The fourth-order valence-electron chi connectivity index (χ4n) is 2.94. The van der Waals surface area contributed by atoms with E-state index in [9.17, 15) is 13.5 Å². The molecule has 6 heteroatoms. The molecule has 23 heavy (non-hydrogen) atoms. The number of nitrogens with one attached hydrogen (secondary N) is 1. The van der Waals surface area contributed by atoms with Crippen molar-refractivity contribution < 1.29 is 13.5 Å². The molecule has 0 aromatic heterocycles. The highest BCUT2D eigenvalue weighted by molar-refractivity contribution is 7.89. The van der Waals surface area contributed by atoms with Gasteiger partial charge in [0, 0.05) is 26.7 Å². The molecule has 0 amide bonds. The highest BCUT2D eigenvalue weighted by Gasteiger charge is 2.17. The van der Waals surface area contributed by atoms with Crippen LogP contribution in [0.4, 0.5) is 0 Å². The average Bonchev–Trinajstić information content (AvgIpc) is 2.50. The van der Waals surface area contributed by atoms with Crippen molar-refractivity contribution in [1.29, 1.82) is 0 Å². The predicted octanol–water partition coefficient (Wildman–Crippen LogP) is 2.11. The number of benzene rings is 1. The van der Waals surface area contributed by atoms with E-state index in [2.05, 4.69) is 5.32 Å². The Bertz CT molecular complexity index is 574. The molecule has 1 aliphatic rings. The molecule has 1 aromatic rings. The predicted molar refractivity (Wildman–Crippen MR) is 91.7 cm³/mol. The van der Waals surface area contributed by atoms with Gasteiger partial charge in [-0.1, -0.05) is 12.1 Å². The lowest BCUT2D eigenvalue weighted by Crippen LogP contribution is -2.30. The van der Waals surface area contributed by atoms with Crippen molar-refractivity contribution in [3.63, 3.8) is 0 Å². The molecule has 0 unspecified atom stereocenters. The first-order valence-electron chi connectivity index (χ1n) is 8.32. The Morgan fingerprint density at radius 2 is 1.65 bits per heavy atom. The minimum absolute atomic E-state index is 0.123. The lowest BCUT2D eigenvalue weighted by molar-refractivity contribution is 0.137. The molecular formula is C17H28N2O3S. The molecule has 2 rings (SSSR count). The summed E-state index contributed by atoms with van der Waals surface area (Å²) in [5.41, 5.74) is 1.09. The number of aliphatic hydroxyl groups excluding tert-OH is 1. The van der Waals surface area contributed by atoms with Crippen LogP contribution < -0.4 is 5.32 Å². The van der Waals surface area contributed by atoms with E-state index in [0.29, 0.717) is 10.9 Å². The topological polar surface area (TPSA) is 69.6 Å². The van der Waals surface area contributed by atoms with Gasteiger partial charge in [0.1, 0.15) is 0 Å². The SMILES string of the molecule is CN(C)S(=O)(=O)c1ccc(CNC2CCCC(O)CCC2)cc1. The van der Waals surface area contributed by atoms with Crippen molar-refractivity contribution in [2.75, 3.05) is 14.1 Å². The summed E-state index contributed by atoms with van der Waals surface area (Å²) < 4.78 is 25.3. The van der Waals surface area contributed by atoms with Gasteiger partial charge in [-0.05, 0) is 56.2 Å². The second-order valence-electron chi connectivity index (χ2n) is 6.52. The van der Waals surface area contributed by atoms with Gasteiger partial charge >= 0.3 is 0 Å². The van der Waals surface area contributed by atoms with E-state index in [4.69, 9.17) is 0 Å². The Kier molecular flexibility index (Phi) is 6.59. The van der Waals surface area contributed by atoms with Gasteiger partial charge in [0.25, 0.3) is 0 Å². The first kappa shape index (κ1) is 18.4. The van der Waals surface area contributed by atoms with Crippen LogP contribution in [0, 0.1) is 0 Å². The maximum Gasteiger partial charge on any atom is 0.242 e. The van der Waals surface area contributed by atoms with Gasteiger partial charge in [-0.3, -0.25) is 0 Å². The van der Waals surface area contributed by atoms with Crippen molar-refractivity contribution in [2.45, 2.75) is 62.1 Å². The van der Waals surface area contributed by atoms with E-state index >= 15 is 0 Å². The number of aliphatic hydroxyl groups is 1. The molecule has 130 valence electrons. The third-order valence-corrected chi connectivity index (χ3v) is 6.31. The Morgan fingerprint density at radius 3 is 2.17 bits per heavy atom. The summed E-state index contributed by atoms with van der Waals surface area (Å²) in [4.78, 5) is 0.325. The average molecular weight is 340 g/mol. The molecule has 0 saturated heterocycles. The van der Waals surface area contributed by atoms with Crippen LogP contribution in [0.15, 0.2) is 29.2 Å². The molecule has 1 aliphatic carbocycles. The highest BCUT2D eigenvalue weighted by atomic mass is 32.2. The van der Waals surface area contributed by atoms with Crippen LogP contribution >= 0.6 is 0 Å². The van der Waals surface area contributed by atoms with Gasteiger partial charge in [-0.25, -0.2) is 12.7 Å². The van der Waals surface area contributed by atoms with Gasteiger partial charge in [-0.15, -0.1) is 0 Å². The van der Waals surface area contributed by atoms with Crippen molar-refractivity contribution in [3.05, 3.63) is 29.8 Å². The Balaban J connectivity index is 1.89. The molecule has 0 bridgehead atoms. The van der Waals surface area contributed by atoms with E-state index in [0.717, 1.165) is 50.6 Å². The summed E-state index contributed by atoms with van der Waals surface area (Å²) in [5, 5.41) is 13.2. The monoisotopic (exact) mass is 340 g/mol. The molecule has 1 fully saturated rings. The van der Waals surface area contributed by atoms with Crippen LogP contribution in [0.5, 0.6) is 0 Å². The second kappa shape index (κ2) is 8.24. The number of rotatable bonds is 5. The summed E-state index contributed by atoms with van der Waals surface area (Å²) in [7, 11) is -0.278. The van der Waals surface area contributed by atoms with E-state index < -0.39 is 10.0 Å². The third kappa shape index (κ3) is 5.28. The Morgan fingerprint density at radius 1 is 1.09 bits per heavy atom. The molecule has 0 heterocycles. The summed E-state index contributed by atoms with van der Waals surface area (Å²) in [5.74, 6) is 0. The number of hydrogen-bond acceptors (Lipinski definition) is 4. The number of nitrogens with zero attached hydrogens (tertiary/aromatic N) is 1. The Labute approximate surface area is 139 Å². The molecule has 0 spiro atoms. The zero-order valence-corrected chi connectivity index (χ0v) is 14.8. The first-order chi connectivity index (χ1) is 10.9. The fourth-order valence-corrected chi connectivity index (χ4v) is 3.85. The minimum atomic E-state index is -3.35. The molecule has 2 N–H and O–H groups in total. The number of hydrogen-bond donors (Lipinski definition) is 2. The van der Waals surface area contributed by atoms with Gasteiger partial charge in [0.2, 0.25) is 10.0 Å². The molecule has 0 aliphatic heterocycles. The van der Waals surface area contributed by atoms with Crippen molar-refractivity contribution in [1.82, 2.24) is 9.62 Å². The smallest absolute Gasteiger partial charge is 0.242 e. The van der Waals surface area contributed by atoms with Crippen LogP contribution in [-0.4, -0.2) is 44.1 Å². The first-order valence-corrected chi connectivity index (χ1v) is 9.76. The molecule has 1 saturated carbocycles. The summed E-state index contributed by atoms with van der Waals surface area (Å²) in [6.45, 7) is 0.746. The van der Waals surface area contributed by atoms with Gasteiger partial charge < -0.3 is 10.4 Å². The lowest BCUT2D eigenvalue weighted by atomic mass is 9.95. The minimum Gasteiger partial charge on any atom is -0.393 e. The lowest BCUT2D eigenvalue weighted by Gasteiger charge is -2.23. The fraction of sp³-hybridized carbons (Fsp3) is 0.647. The van der Waals surface area contributed by atoms with Gasteiger partial charge in [-0.2, -0.15) is 0 Å². The van der Waals surface area contributed by atoms with E-state index in [1.807, 2.05) is 12.1 Å². The van der Waals surface area contributed by atoms with Crippen molar-refractivity contribution >= 4 is 10.0 Å². The van der Waals surface area contributed by atoms with E-state index in [1.165, 1.54) is 18.4 Å². The summed E-state index contributed by atoms with van der Waals surface area (Å²) in [6, 6.07) is 7.56. The second-order valence-corrected chi connectivity index (χ2v) is 8.68. The van der Waals surface area contributed by atoms with Crippen LogP contribution in [0.3, 0.4) is 0 Å². The standard InChI is InChI=1S/C17H28N2O3S/c1-19(2)23(21,22)17-11-9-14(10-12-17)13-18-15-5-3-7-16(20)8-4-6-15/h9-12,15-16,18,20H,3-8,13H2,1-2H3. The maximum absolute atomic E-state index is 12.0. The number of sulfonamides is 1. The molecular weight excluding hydrogens is 312 g/mol. The summed E-state index contributed by atoms with van der Waals surface area (Å²) >= 11 is 0. The normalized spacial score (nSPS) is 23.5. The van der Waals surface area contributed by atoms with E-state index in [-0.39, 0.29) is 6.10 Å². The molecule has 1 aromatic carbocycles. The Hall–Kier alpha value is -0.950. The quantitative estimate of drug-likeness (QED) is 0.861. The van der Waals surface area contributed by atoms with Crippen LogP contribution in [-0.2, 0) is 16.6 Å². The largest absolute Gasteiger partial charge is 0.393 e. The van der Waals surface area contributed by atoms with Crippen molar-refractivity contribution in [3.8, 4) is 0 Å². The highest BCUT2D eigenvalue weighted by Crippen LogP contribution is 2.19. The summed E-state index contributed by atoms with van der Waals surface area (Å²) in [6.07, 6.45) is 5.96. The van der Waals surface area contributed by atoms with Gasteiger partial charge in [0.05, 0.1) is 11.0 Å². The molecule has 0 radical (unpaired) electrons. The van der Waals surface area contributed by atoms with Crippen LogP contribution in [0.1, 0.15) is 44.1 Å². The molecule has 5 nitrogen and oxygen atoms in total. The van der Waals surface area contributed by atoms with Crippen molar-refractivity contribution in [2.24, 2.45) is 0 Å². The van der Waals surface area contributed by atoms with Crippen LogP contribution in [0.2, 0.25) is 0 Å². The zero-order chi connectivity index (χ0) is 16.9.